The van der Waals surface area contributed by atoms with Gasteiger partial charge in [-0.1, -0.05) is 43.3 Å². The van der Waals surface area contributed by atoms with Gasteiger partial charge >= 0.3 is 0 Å². The van der Waals surface area contributed by atoms with E-state index in [4.69, 9.17) is 0 Å². The topological polar surface area (TPSA) is 23.5 Å². The van der Waals surface area contributed by atoms with Gasteiger partial charge in [0.2, 0.25) is 0 Å². The van der Waals surface area contributed by atoms with Crippen molar-refractivity contribution in [2.45, 2.75) is 32.2 Å². The first-order valence-electron chi connectivity index (χ1n) is 7.43. The summed E-state index contributed by atoms with van der Waals surface area (Å²) in [5.74, 6) is 0.405. The molecule has 1 heterocycles. The lowest BCUT2D eigenvalue weighted by atomic mass is 9.95. The molecule has 0 aromatic heterocycles. The second-order valence-corrected chi connectivity index (χ2v) is 5.41. The van der Waals surface area contributed by atoms with Crippen molar-refractivity contribution in [2.75, 3.05) is 11.4 Å². The Balaban J connectivity index is 2.01. The van der Waals surface area contributed by atoms with E-state index in [0.29, 0.717) is 5.75 Å². The fourth-order valence-electron chi connectivity index (χ4n) is 3.26. The van der Waals surface area contributed by atoms with Crippen LogP contribution < -0.4 is 4.90 Å². The number of phenolic OH excluding ortho intramolecular Hbond substituents is 1. The quantitative estimate of drug-likeness (QED) is 0.896. The van der Waals surface area contributed by atoms with E-state index in [1.807, 2.05) is 18.2 Å². The second kappa shape index (κ2) is 5.58. The Kier molecular flexibility index (Phi) is 3.64. The van der Waals surface area contributed by atoms with Crippen LogP contribution in [-0.4, -0.2) is 11.7 Å². The number of anilines is 1. The Morgan fingerprint density at radius 2 is 1.85 bits per heavy atom. The molecular formula is C18H21NO. The van der Waals surface area contributed by atoms with Crippen molar-refractivity contribution in [3.63, 3.8) is 0 Å². The standard InChI is InChI=1S/C18H21NO/c1-2-16(15-10-4-6-12-18(15)20)19-13-7-9-14-8-3-5-11-17(14)19/h3-6,8,10-12,16,20H,2,7,9,13H2,1H3. The maximum Gasteiger partial charge on any atom is 0.120 e. The van der Waals surface area contributed by atoms with E-state index in [1.165, 1.54) is 17.7 Å². The largest absolute Gasteiger partial charge is 0.508 e. The predicted octanol–water partition coefficient (Wildman–Crippen LogP) is 4.30. The Morgan fingerprint density at radius 3 is 2.65 bits per heavy atom. The third-order valence-electron chi connectivity index (χ3n) is 4.20. The molecule has 0 saturated heterocycles. The van der Waals surface area contributed by atoms with E-state index >= 15 is 0 Å². The van der Waals surface area contributed by atoms with Crippen LogP contribution in [0, 0.1) is 0 Å². The average molecular weight is 267 g/mol. The number of nitrogens with zero attached hydrogens (tertiary/aromatic N) is 1. The van der Waals surface area contributed by atoms with Crippen molar-refractivity contribution in [2.24, 2.45) is 0 Å². The zero-order valence-corrected chi connectivity index (χ0v) is 11.9. The van der Waals surface area contributed by atoms with E-state index in [0.717, 1.165) is 24.9 Å². The molecule has 2 heteroatoms. The number of rotatable bonds is 3. The molecule has 1 unspecified atom stereocenters. The molecule has 20 heavy (non-hydrogen) atoms. The molecule has 0 saturated carbocycles. The summed E-state index contributed by atoms with van der Waals surface area (Å²) >= 11 is 0. The molecule has 3 rings (SSSR count). The number of benzene rings is 2. The number of aromatic hydroxyl groups is 1. The third-order valence-corrected chi connectivity index (χ3v) is 4.20. The summed E-state index contributed by atoms with van der Waals surface area (Å²) in [4.78, 5) is 2.45. The van der Waals surface area contributed by atoms with Gasteiger partial charge in [0.15, 0.2) is 0 Å². The van der Waals surface area contributed by atoms with Crippen LogP contribution in [0.3, 0.4) is 0 Å². The zero-order valence-electron chi connectivity index (χ0n) is 11.9. The number of phenols is 1. The van der Waals surface area contributed by atoms with Crippen molar-refractivity contribution in [3.05, 3.63) is 59.7 Å². The molecule has 1 aliphatic heterocycles. The molecular weight excluding hydrogens is 246 g/mol. The van der Waals surface area contributed by atoms with Crippen molar-refractivity contribution >= 4 is 5.69 Å². The second-order valence-electron chi connectivity index (χ2n) is 5.41. The van der Waals surface area contributed by atoms with Gasteiger partial charge in [-0.25, -0.2) is 0 Å². The van der Waals surface area contributed by atoms with Crippen LogP contribution in [0.1, 0.15) is 36.9 Å². The fourth-order valence-corrected chi connectivity index (χ4v) is 3.26. The van der Waals surface area contributed by atoms with E-state index in [1.54, 1.807) is 6.07 Å². The van der Waals surface area contributed by atoms with Crippen LogP contribution in [-0.2, 0) is 6.42 Å². The molecule has 0 aliphatic carbocycles. The smallest absolute Gasteiger partial charge is 0.120 e. The summed E-state index contributed by atoms with van der Waals surface area (Å²) in [6.45, 7) is 3.25. The number of fused-ring (bicyclic) bond motifs is 1. The summed E-state index contributed by atoms with van der Waals surface area (Å²) < 4.78 is 0. The number of para-hydroxylation sites is 2. The molecule has 1 N–H and O–H groups in total. The normalized spacial score (nSPS) is 15.8. The van der Waals surface area contributed by atoms with E-state index in [9.17, 15) is 5.11 Å². The van der Waals surface area contributed by atoms with Crippen molar-refractivity contribution in [3.8, 4) is 5.75 Å². The summed E-state index contributed by atoms with van der Waals surface area (Å²) in [5.41, 5.74) is 3.79. The zero-order chi connectivity index (χ0) is 13.9. The highest BCUT2D eigenvalue weighted by Gasteiger charge is 2.25. The minimum Gasteiger partial charge on any atom is -0.508 e. The summed E-state index contributed by atoms with van der Waals surface area (Å²) in [5, 5.41) is 10.2. The van der Waals surface area contributed by atoms with Crippen LogP contribution in [0.2, 0.25) is 0 Å². The van der Waals surface area contributed by atoms with Crippen LogP contribution in [0.25, 0.3) is 0 Å². The first-order chi connectivity index (χ1) is 9.81. The maximum atomic E-state index is 10.2. The molecule has 104 valence electrons. The number of hydrogen-bond acceptors (Lipinski definition) is 2. The van der Waals surface area contributed by atoms with Gasteiger partial charge in [-0.2, -0.15) is 0 Å². The van der Waals surface area contributed by atoms with Gasteiger partial charge in [0.05, 0.1) is 6.04 Å². The molecule has 2 aromatic carbocycles. The first-order valence-corrected chi connectivity index (χ1v) is 7.43. The lowest BCUT2D eigenvalue weighted by Gasteiger charge is -2.38. The van der Waals surface area contributed by atoms with Crippen LogP contribution in [0.5, 0.6) is 5.75 Å². The minimum absolute atomic E-state index is 0.248. The van der Waals surface area contributed by atoms with Gasteiger partial charge in [0.25, 0.3) is 0 Å². The maximum absolute atomic E-state index is 10.2. The van der Waals surface area contributed by atoms with Gasteiger partial charge in [0.1, 0.15) is 5.75 Å². The Hall–Kier alpha value is -1.96. The summed E-state index contributed by atoms with van der Waals surface area (Å²) in [6, 6.07) is 16.6. The van der Waals surface area contributed by atoms with E-state index in [2.05, 4.69) is 36.1 Å². The fraction of sp³-hybridized carbons (Fsp3) is 0.333. The first kappa shape index (κ1) is 13.0. The van der Waals surface area contributed by atoms with Crippen molar-refractivity contribution < 1.29 is 5.11 Å². The Bertz CT molecular complexity index is 593. The van der Waals surface area contributed by atoms with Gasteiger partial charge in [-0.3, -0.25) is 0 Å². The minimum atomic E-state index is 0.248. The predicted molar refractivity (Wildman–Crippen MR) is 83.2 cm³/mol. The molecule has 0 radical (unpaired) electrons. The van der Waals surface area contributed by atoms with Crippen molar-refractivity contribution in [1.29, 1.82) is 0 Å². The molecule has 1 atom stereocenters. The highest BCUT2D eigenvalue weighted by Crippen LogP contribution is 2.38. The number of aryl methyl sites for hydroxylation is 1. The van der Waals surface area contributed by atoms with Gasteiger partial charge in [0, 0.05) is 17.8 Å². The number of hydrogen-bond donors (Lipinski definition) is 1. The molecule has 0 amide bonds. The molecule has 2 nitrogen and oxygen atoms in total. The van der Waals surface area contributed by atoms with Crippen molar-refractivity contribution in [1.82, 2.24) is 0 Å². The third kappa shape index (κ3) is 2.26. The Labute approximate surface area is 120 Å². The summed E-state index contributed by atoms with van der Waals surface area (Å²) in [6.07, 6.45) is 3.33. The molecule has 0 spiro atoms. The molecule has 2 aromatic rings. The van der Waals surface area contributed by atoms with Crippen LogP contribution in [0.4, 0.5) is 5.69 Å². The SMILES string of the molecule is CCC(c1ccccc1O)N1CCCc2ccccc21. The Morgan fingerprint density at radius 1 is 1.10 bits per heavy atom. The van der Waals surface area contributed by atoms with Crippen LogP contribution >= 0.6 is 0 Å². The van der Waals surface area contributed by atoms with E-state index in [-0.39, 0.29) is 6.04 Å². The lowest BCUT2D eigenvalue weighted by molar-refractivity contribution is 0.453. The monoisotopic (exact) mass is 267 g/mol. The van der Waals surface area contributed by atoms with Gasteiger partial charge in [-0.05, 0) is 37.0 Å². The van der Waals surface area contributed by atoms with E-state index < -0.39 is 0 Å². The summed E-state index contributed by atoms with van der Waals surface area (Å²) in [7, 11) is 0. The van der Waals surface area contributed by atoms with Gasteiger partial charge in [-0.15, -0.1) is 0 Å². The molecule has 1 aliphatic rings. The highest BCUT2D eigenvalue weighted by atomic mass is 16.3. The van der Waals surface area contributed by atoms with Crippen LogP contribution in [0.15, 0.2) is 48.5 Å². The van der Waals surface area contributed by atoms with Gasteiger partial charge < -0.3 is 10.0 Å². The average Bonchev–Trinajstić information content (AvgIpc) is 2.50. The molecule has 0 bridgehead atoms. The molecule has 0 fully saturated rings. The lowest BCUT2D eigenvalue weighted by Crippen LogP contribution is -2.33. The highest BCUT2D eigenvalue weighted by molar-refractivity contribution is 5.58.